The van der Waals surface area contributed by atoms with Gasteiger partial charge in [-0.1, -0.05) is 52.3 Å². The lowest BCUT2D eigenvalue weighted by Crippen LogP contribution is -2.45. The summed E-state index contributed by atoms with van der Waals surface area (Å²) in [4.78, 5) is 43.2. The van der Waals surface area contributed by atoms with Crippen molar-refractivity contribution in [3.8, 4) is 11.4 Å². The topological polar surface area (TPSA) is 83.0 Å². The van der Waals surface area contributed by atoms with Crippen molar-refractivity contribution in [3.05, 3.63) is 132 Å². The van der Waals surface area contributed by atoms with Gasteiger partial charge in [0.15, 0.2) is 0 Å². The van der Waals surface area contributed by atoms with Gasteiger partial charge in [0.05, 0.1) is 22.5 Å². The number of halogens is 1. The number of hydrogen-bond donors (Lipinski definition) is 1. The SMILES string of the molecule is Cc1c(C2(c3c(C)n(C)n(-c4ccccc4)c3=O)C(=O)Nc3ccc(Br)cc32)c(=O)n(-c2ccccc2)n1C. The molecule has 6 rings (SSSR count). The van der Waals surface area contributed by atoms with Gasteiger partial charge in [-0.15, -0.1) is 0 Å². The molecule has 39 heavy (non-hydrogen) atoms. The Balaban J connectivity index is 1.80. The summed E-state index contributed by atoms with van der Waals surface area (Å²) in [6.45, 7) is 3.63. The molecule has 0 fully saturated rings. The minimum atomic E-state index is -1.68. The van der Waals surface area contributed by atoms with Crippen LogP contribution in [0.5, 0.6) is 0 Å². The molecule has 1 aliphatic rings. The number of para-hydroxylation sites is 2. The zero-order chi connectivity index (χ0) is 27.6. The second-order valence-electron chi connectivity index (χ2n) is 9.77. The largest absolute Gasteiger partial charge is 0.324 e. The van der Waals surface area contributed by atoms with Crippen LogP contribution in [0.2, 0.25) is 0 Å². The zero-order valence-corrected chi connectivity index (χ0v) is 23.5. The van der Waals surface area contributed by atoms with Gasteiger partial charge in [0.1, 0.15) is 5.41 Å². The summed E-state index contributed by atoms with van der Waals surface area (Å²) in [7, 11) is 3.57. The number of aromatic nitrogens is 4. The van der Waals surface area contributed by atoms with Gasteiger partial charge in [-0.25, -0.2) is 9.36 Å². The Labute approximate surface area is 232 Å². The number of fused-ring (bicyclic) bond motifs is 1. The summed E-state index contributed by atoms with van der Waals surface area (Å²) in [5.41, 5.74) is 1.69. The van der Waals surface area contributed by atoms with Crippen molar-refractivity contribution < 1.29 is 4.79 Å². The van der Waals surface area contributed by atoms with E-state index in [9.17, 15) is 14.4 Å². The van der Waals surface area contributed by atoms with Gasteiger partial charge < -0.3 is 5.32 Å². The van der Waals surface area contributed by atoms with E-state index in [1.165, 1.54) is 0 Å². The number of anilines is 1. The summed E-state index contributed by atoms with van der Waals surface area (Å²) in [5, 5.41) is 2.98. The van der Waals surface area contributed by atoms with Crippen molar-refractivity contribution in [2.45, 2.75) is 19.3 Å². The Hall–Kier alpha value is -4.37. The Morgan fingerprint density at radius 1 is 0.692 bits per heavy atom. The molecule has 2 aromatic heterocycles. The summed E-state index contributed by atoms with van der Waals surface area (Å²) in [5.74, 6) is -0.437. The molecule has 3 aromatic carbocycles. The molecule has 9 heteroatoms. The highest BCUT2D eigenvalue weighted by Gasteiger charge is 2.56. The summed E-state index contributed by atoms with van der Waals surface area (Å²) >= 11 is 3.55. The first-order valence-corrected chi connectivity index (χ1v) is 13.3. The second-order valence-corrected chi connectivity index (χ2v) is 10.7. The van der Waals surface area contributed by atoms with E-state index in [0.29, 0.717) is 34.0 Å². The molecule has 8 nitrogen and oxygen atoms in total. The van der Waals surface area contributed by atoms with Crippen LogP contribution in [0.15, 0.2) is 92.9 Å². The standard InChI is InChI=1S/C30H26BrN5O3/c1-18-25(27(37)35(33(18)3)21-11-7-5-8-12-21)30(23-17-20(31)15-16-24(23)32-29(30)39)26-19(2)34(4)36(28(26)38)22-13-9-6-10-14-22/h5-17H,1-4H3,(H,32,39). The summed E-state index contributed by atoms with van der Waals surface area (Å²) in [6, 6.07) is 24.0. The van der Waals surface area contributed by atoms with Crippen LogP contribution in [0.4, 0.5) is 5.69 Å². The first-order chi connectivity index (χ1) is 18.7. The molecule has 5 aromatic rings. The van der Waals surface area contributed by atoms with Crippen LogP contribution in [0.1, 0.15) is 28.1 Å². The minimum absolute atomic E-state index is 0.245. The first-order valence-electron chi connectivity index (χ1n) is 12.5. The van der Waals surface area contributed by atoms with E-state index in [4.69, 9.17) is 0 Å². The number of rotatable bonds is 4. The van der Waals surface area contributed by atoms with E-state index in [-0.39, 0.29) is 22.2 Å². The highest BCUT2D eigenvalue weighted by atomic mass is 79.9. The molecule has 0 saturated carbocycles. The number of amides is 1. The molecule has 0 aliphatic carbocycles. The molecule has 0 spiro atoms. The fraction of sp³-hybridized carbons (Fsp3) is 0.167. The fourth-order valence-corrected chi connectivity index (χ4v) is 6.26. The lowest BCUT2D eigenvalue weighted by molar-refractivity contribution is -0.118. The number of carbonyl (C=O) groups excluding carboxylic acids is 1. The minimum Gasteiger partial charge on any atom is -0.324 e. The Morgan fingerprint density at radius 3 is 1.62 bits per heavy atom. The molecule has 0 saturated heterocycles. The quantitative estimate of drug-likeness (QED) is 0.342. The van der Waals surface area contributed by atoms with Gasteiger partial charge in [0, 0.05) is 41.2 Å². The Morgan fingerprint density at radius 2 is 1.15 bits per heavy atom. The van der Waals surface area contributed by atoms with Gasteiger partial charge in [0.2, 0.25) is 5.91 Å². The molecular formula is C30H26BrN5O3. The molecule has 0 atom stereocenters. The Kier molecular flexibility index (Phi) is 5.65. The van der Waals surface area contributed by atoms with E-state index in [1.54, 1.807) is 38.9 Å². The van der Waals surface area contributed by atoms with E-state index < -0.39 is 11.3 Å². The first kappa shape index (κ1) is 24.9. The van der Waals surface area contributed by atoms with Gasteiger partial charge in [-0.05, 0) is 56.3 Å². The third-order valence-corrected chi connectivity index (χ3v) is 8.33. The second kappa shape index (κ2) is 8.84. The maximum atomic E-state index is 14.4. The van der Waals surface area contributed by atoms with Crippen molar-refractivity contribution in [2.75, 3.05) is 5.32 Å². The number of nitrogens with one attached hydrogen (secondary N) is 1. The normalized spacial score (nSPS) is 13.9. The lowest BCUT2D eigenvalue weighted by Gasteiger charge is -2.26. The van der Waals surface area contributed by atoms with E-state index >= 15 is 0 Å². The number of nitrogens with zero attached hydrogens (tertiary/aromatic N) is 4. The van der Waals surface area contributed by atoms with Crippen LogP contribution in [0.3, 0.4) is 0 Å². The zero-order valence-electron chi connectivity index (χ0n) is 21.9. The molecule has 3 heterocycles. The van der Waals surface area contributed by atoms with Crippen LogP contribution in [0, 0.1) is 13.8 Å². The highest BCUT2D eigenvalue weighted by molar-refractivity contribution is 9.10. The van der Waals surface area contributed by atoms with Crippen LogP contribution in [0.25, 0.3) is 11.4 Å². The maximum Gasteiger partial charge on any atom is 0.276 e. The third-order valence-electron chi connectivity index (χ3n) is 7.83. The molecular weight excluding hydrogens is 558 g/mol. The molecule has 1 aliphatic heterocycles. The molecule has 1 amide bonds. The fourth-order valence-electron chi connectivity index (χ4n) is 5.90. The van der Waals surface area contributed by atoms with Crippen molar-refractivity contribution in [2.24, 2.45) is 14.1 Å². The van der Waals surface area contributed by atoms with Crippen LogP contribution < -0.4 is 16.4 Å². The molecule has 1 N–H and O–H groups in total. The van der Waals surface area contributed by atoms with Crippen molar-refractivity contribution in [1.82, 2.24) is 18.7 Å². The predicted octanol–water partition coefficient (Wildman–Crippen LogP) is 4.33. The highest BCUT2D eigenvalue weighted by Crippen LogP contribution is 2.48. The molecule has 0 radical (unpaired) electrons. The molecule has 196 valence electrons. The maximum absolute atomic E-state index is 14.4. The third kappa shape index (κ3) is 3.32. The molecule has 0 bridgehead atoms. The van der Waals surface area contributed by atoms with Crippen molar-refractivity contribution in [3.63, 3.8) is 0 Å². The predicted molar refractivity (Wildman–Crippen MR) is 154 cm³/mol. The van der Waals surface area contributed by atoms with Crippen molar-refractivity contribution in [1.29, 1.82) is 0 Å². The van der Waals surface area contributed by atoms with Crippen LogP contribution in [-0.4, -0.2) is 24.6 Å². The Bertz CT molecular complexity index is 1790. The monoisotopic (exact) mass is 583 g/mol. The summed E-state index contributed by atoms with van der Waals surface area (Å²) < 4.78 is 7.31. The number of hydrogen-bond acceptors (Lipinski definition) is 3. The van der Waals surface area contributed by atoms with Crippen molar-refractivity contribution >= 4 is 27.5 Å². The average molecular weight is 584 g/mol. The van der Waals surface area contributed by atoms with Crippen LogP contribution >= 0.6 is 15.9 Å². The molecule has 0 unspecified atom stereocenters. The van der Waals surface area contributed by atoms with E-state index in [0.717, 1.165) is 4.47 Å². The average Bonchev–Trinajstić information content (AvgIpc) is 3.43. The van der Waals surface area contributed by atoms with E-state index in [1.807, 2.05) is 86.6 Å². The van der Waals surface area contributed by atoms with Gasteiger partial charge in [0.25, 0.3) is 11.1 Å². The lowest BCUT2D eigenvalue weighted by atomic mass is 9.70. The van der Waals surface area contributed by atoms with Gasteiger partial charge in [-0.3, -0.25) is 23.7 Å². The van der Waals surface area contributed by atoms with Crippen LogP contribution in [-0.2, 0) is 24.3 Å². The summed E-state index contributed by atoms with van der Waals surface area (Å²) in [6.07, 6.45) is 0. The smallest absolute Gasteiger partial charge is 0.276 e. The van der Waals surface area contributed by atoms with E-state index in [2.05, 4.69) is 21.2 Å². The van der Waals surface area contributed by atoms with Gasteiger partial charge in [-0.2, -0.15) is 0 Å². The van der Waals surface area contributed by atoms with Gasteiger partial charge >= 0.3 is 0 Å². The number of benzene rings is 3. The number of carbonyl (C=O) groups is 1.